The van der Waals surface area contributed by atoms with Crippen molar-refractivity contribution in [2.75, 3.05) is 38.3 Å². The first-order chi connectivity index (χ1) is 16.2. The van der Waals surface area contributed by atoms with Crippen molar-refractivity contribution < 1.29 is 9.47 Å². The third-order valence-corrected chi connectivity index (χ3v) is 5.69. The Kier molecular flexibility index (Phi) is 5.99. The van der Waals surface area contributed by atoms with Crippen LogP contribution in [0.4, 0.5) is 5.82 Å². The second-order valence-electron chi connectivity index (χ2n) is 7.94. The number of aliphatic imine (C=N–C) groups is 1. The first-order valence-corrected chi connectivity index (χ1v) is 11.0. The second-order valence-corrected chi connectivity index (χ2v) is 7.94. The second kappa shape index (κ2) is 9.38. The van der Waals surface area contributed by atoms with Gasteiger partial charge in [-0.2, -0.15) is 9.61 Å². The van der Waals surface area contributed by atoms with Gasteiger partial charge in [-0.25, -0.2) is 4.98 Å². The van der Waals surface area contributed by atoms with E-state index in [1.165, 1.54) is 0 Å². The van der Waals surface area contributed by atoms with Crippen molar-refractivity contribution in [3.05, 3.63) is 71.7 Å². The minimum atomic E-state index is 0.481. The molecule has 1 aliphatic heterocycles. The van der Waals surface area contributed by atoms with E-state index in [0.29, 0.717) is 19.8 Å². The maximum atomic E-state index is 5.55. The van der Waals surface area contributed by atoms with Gasteiger partial charge in [0.05, 0.1) is 38.3 Å². The summed E-state index contributed by atoms with van der Waals surface area (Å²) >= 11 is 0. The summed E-state index contributed by atoms with van der Waals surface area (Å²) in [6, 6.07) is 14.0. The number of benzene rings is 1. The number of fused-ring (bicyclic) bond motifs is 1. The van der Waals surface area contributed by atoms with Crippen LogP contribution < -0.4 is 9.64 Å². The predicted molar refractivity (Wildman–Crippen MR) is 128 cm³/mol. The smallest absolute Gasteiger partial charge is 0.158 e. The van der Waals surface area contributed by atoms with Gasteiger partial charge in [-0.05, 0) is 48.4 Å². The molecule has 0 N–H and O–H groups in total. The van der Waals surface area contributed by atoms with Crippen LogP contribution in [0.15, 0.2) is 59.9 Å². The highest BCUT2D eigenvalue weighted by atomic mass is 16.5. The summed E-state index contributed by atoms with van der Waals surface area (Å²) in [7, 11) is 1.68. The SMILES string of the molecule is COc1ccc(C=NCc2cc(N3CCOCC3)n3nc(-c4ccncc4)cc3n2)cc1C. The Labute approximate surface area is 192 Å². The molecule has 33 heavy (non-hydrogen) atoms. The molecule has 0 aliphatic carbocycles. The number of rotatable bonds is 6. The number of morpholine rings is 1. The molecule has 168 valence electrons. The highest BCUT2D eigenvalue weighted by molar-refractivity contribution is 5.80. The fourth-order valence-corrected chi connectivity index (χ4v) is 4.00. The molecule has 0 unspecified atom stereocenters. The average molecular weight is 443 g/mol. The molecule has 1 aliphatic rings. The van der Waals surface area contributed by atoms with Crippen LogP contribution >= 0.6 is 0 Å². The lowest BCUT2D eigenvalue weighted by Crippen LogP contribution is -2.37. The lowest BCUT2D eigenvalue weighted by atomic mass is 10.1. The van der Waals surface area contributed by atoms with Crippen LogP contribution in [0, 0.1) is 6.92 Å². The summed E-state index contributed by atoms with van der Waals surface area (Å²) in [5.74, 6) is 1.88. The van der Waals surface area contributed by atoms with E-state index in [4.69, 9.17) is 19.6 Å². The number of aromatic nitrogens is 4. The number of pyridine rings is 1. The summed E-state index contributed by atoms with van der Waals surface area (Å²) in [6.45, 7) is 5.54. The van der Waals surface area contributed by atoms with E-state index in [1.54, 1.807) is 19.5 Å². The first kappa shape index (κ1) is 21.1. The number of aryl methyl sites for hydroxylation is 1. The van der Waals surface area contributed by atoms with E-state index >= 15 is 0 Å². The van der Waals surface area contributed by atoms with Crippen molar-refractivity contribution in [3.63, 3.8) is 0 Å². The quantitative estimate of drug-likeness (QED) is 0.425. The van der Waals surface area contributed by atoms with E-state index in [0.717, 1.165) is 58.4 Å². The molecule has 3 aromatic heterocycles. The van der Waals surface area contributed by atoms with E-state index < -0.39 is 0 Å². The standard InChI is InChI=1S/C25H26N6O2/c1-18-13-19(3-4-23(18)32-2)16-27-17-21-14-25(30-9-11-33-12-10-30)31-24(28-21)15-22(29-31)20-5-7-26-8-6-20/h3-8,13-16H,9-12,17H2,1-2H3. The molecule has 0 atom stereocenters. The van der Waals surface area contributed by atoms with E-state index in [-0.39, 0.29) is 0 Å². The number of anilines is 1. The maximum absolute atomic E-state index is 5.55. The van der Waals surface area contributed by atoms with E-state index in [9.17, 15) is 0 Å². The van der Waals surface area contributed by atoms with Gasteiger partial charge in [-0.1, -0.05) is 0 Å². The minimum Gasteiger partial charge on any atom is -0.496 e. The molecule has 8 nitrogen and oxygen atoms in total. The molecule has 0 spiro atoms. The van der Waals surface area contributed by atoms with Crippen molar-refractivity contribution >= 4 is 17.7 Å². The van der Waals surface area contributed by atoms with Crippen LogP contribution in [0.2, 0.25) is 0 Å². The fourth-order valence-electron chi connectivity index (χ4n) is 4.00. The van der Waals surface area contributed by atoms with Gasteiger partial charge in [-0.15, -0.1) is 0 Å². The molecule has 1 saturated heterocycles. The van der Waals surface area contributed by atoms with Crippen molar-refractivity contribution in [2.24, 2.45) is 4.99 Å². The minimum absolute atomic E-state index is 0.481. The summed E-state index contributed by atoms with van der Waals surface area (Å²) in [5, 5.41) is 4.85. The van der Waals surface area contributed by atoms with Gasteiger partial charge in [0.1, 0.15) is 11.6 Å². The Morgan fingerprint density at radius 1 is 1.09 bits per heavy atom. The van der Waals surface area contributed by atoms with Crippen LogP contribution in [0.5, 0.6) is 5.75 Å². The predicted octanol–water partition coefficient (Wildman–Crippen LogP) is 3.56. The lowest BCUT2D eigenvalue weighted by Gasteiger charge is -2.29. The monoisotopic (exact) mass is 442 g/mol. The highest BCUT2D eigenvalue weighted by Crippen LogP contribution is 2.24. The van der Waals surface area contributed by atoms with Gasteiger partial charge < -0.3 is 14.4 Å². The Morgan fingerprint density at radius 3 is 2.67 bits per heavy atom. The van der Waals surface area contributed by atoms with Gasteiger partial charge >= 0.3 is 0 Å². The average Bonchev–Trinajstić information content (AvgIpc) is 3.29. The van der Waals surface area contributed by atoms with Crippen molar-refractivity contribution in [1.29, 1.82) is 0 Å². The van der Waals surface area contributed by atoms with Gasteiger partial charge in [0.2, 0.25) is 0 Å². The molecule has 0 radical (unpaired) electrons. The van der Waals surface area contributed by atoms with Crippen molar-refractivity contribution in [2.45, 2.75) is 13.5 Å². The Hall–Kier alpha value is -3.78. The molecular weight excluding hydrogens is 416 g/mol. The molecule has 1 fully saturated rings. The maximum Gasteiger partial charge on any atom is 0.158 e. The van der Waals surface area contributed by atoms with E-state index in [2.05, 4.69) is 27.0 Å². The lowest BCUT2D eigenvalue weighted by molar-refractivity contribution is 0.122. The molecule has 4 aromatic rings. The van der Waals surface area contributed by atoms with Crippen molar-refractivity contribution in [1.82, 2.24) is 19.6 Å². The largest absolute Gasteiger partial charge is 0.496 e. The molecular formula is C25H26N6O2. The molecule has 1 aromatic carbocycles. The fraction of sp³-hybridized carbons (Fsp3) is 0.280. The van der Waals surface area contributed by atoms with E-state index in [1.807, 2.05) is 48.0 Å². The summed E-state index contributed by atoms with van der Waals surface area (Å²) in [6.07, 6.45) is 5.43. The molecule has 5 rings (SSSR count). The topological polar surface area (TPSA) is 77.1 Å². The molecule has 4 heterocycles. The van der Waals surface area contributed by atoms with Gasteiger partial charge in [0, 0.05) is 49.4 Å². The van der Waals surface area contributed by atoms with Gasteiger partial charge in [0.15, 0.2) is 5.65 Å². The van der Waals surface area contributed by atoms with Gasteiger partial charge in [0.25, 0.3) is 0 Å². The zero-order chi connectivity index (χ0) is 22.6. The Balaban J connectivity index is 1.47. The summed E-state index contributed by atoms with van der Waals surface area (Å²) in [4.78, 5) is 15.9. The summed E-state index contributed by atoms with van der Waals surface area (Å²) in [5.41, 5.74) is 5.69. The molecule has 0 saturated carbocycles. The normalized spacial score (nSPS) is 14.3. The van der Waals surface area contributed by atoms with Crippen LogP contribution in [0.1, 0.15) is 16.8 Å². The number of ether oxygens (including phenoxy) is 2. The third kappa shape index (κ3) is 4.56. The van der Waals surface area contributed by atoms with Crippen LogP contribution in [-0.4, -0.2) is 59.2 Å². The molecule has 0 bridgehead atoms. The Morgan fingerprint density at radius 2 is 1.91 bits per heavy atom. The molecule has 0 amide bonds. The van der Waals surface area contributed by atoms with Crippen LogP contribution in [0.3, 0.4) is 0 Å². The number of nitrogens with zero attached hydrogens (tertiary/aromatic N) is 6. The van der Waals surface area contributed by atoms with Crippen LogP contribution in [0.25, 0.3) is 16.9 Å². The third-order valence-electron chi connectivity index (χ3n) is 5.69. The molecule has 8 heteroatoms. The number of hydrogen-bond donors (Lipinski definition) is 0. The Bertz CT molecular complexity index is 1280. The zero-order valence-electron chi connectivity index (χ0n) is 18.8. The number of methoxy groups -OCH3 is 1. The number of hydrogen-bond acceptors (Lipinski definition) is 7. The van der Waals surface area contributed by atoms with Gasteiger partial charge in [-0.3, -0.25) is 9.98 Å². The zero-order valence-corrected chi connectivity index (χ0v) is 18.8. The van der Waals surface area contributed by atoms with Crippen molar-refractivity contribution in [3.8, 4) is 17.0 Å². The van der Waals surface area contributed by atoms with Crippen LogP contribution in [-0.2, 0) is 11.3 Å². The first-order valence-electron chi connectivity index (χ1n) is 11.0. The highest BCUT2D eigenvalue weighted by Gasteiger charge is 2.18. The summed E-state index contributed by atoms with van der Waals surface area (Å²) < 4.78 is 12.8.